The molecule has 1 amide bonds. The molecule has 0 N–H and O–H groups in total. The topological polar surface area (TPSA) is 81.9 Å². The van der Waals surface area contributed by atoms with E-state index in [4.69, 9.17) is 9.47 Å². The van der Waals surface area contributed by atoms with Gasteiger partial charge in [0, 0.05) is 17.5 Å². The Morgan fingerprint density at radius 3 is 2.67 bits per heavy atom. The van der Waals surface area contributed by atoms with Crippen LogP contribution in [0.25, 0.3) is 5.78 Å². The molecular formula is C22H27N5O3. The van der Waals surface area contributed by atoms with Crippen molar-refractivity contribution >= 4 is 11.7 Å². The van der Waals surface area contributed by atoms with Gasteiger partial charge in [0.1, 0.15) is 23.5 Å². The second kappa shape index (κ2) is 7.59. The van der Waals surface area contributed by atoms with E-state index in [2.05, 4.69) is 35.8 Å². The Morgan fingerprint density at radius 2 is 1.97 bits per heavy atom. The molecule has 1 aliphatic rings. The zero-order valence-corrected chi connectivity index (χ0v) is 18.0. The van der Waals surface area contributed by atoms with Gasteiger partial charge in [-0.15, -0.1) is 0 Å². The van der Waals surface area contributed by atoms with E-state index in [9.17, 15) is 4.79 Å². The number of ether oxygens (including phenoxy) is 2. The zero-order chi connectivity index (χ0) is 21.5. The molecule has 158 valence electrons. The zero-order valence-electron chi connectivity index (χ0n) is 18.0. The van der Waals surface area contributed by atoms with E-state index in [0.29, 0.717) is 18.0 Å². The number of aromatic nitrogens is 4. The summed E-state index contributed by atoms with van der Waals surface area (Å²) in [6.07, 6.45) is 3.23. The van der Waals surface area contributed by atoms with Crippen LogP contribution in [0, 0.1) is 0 Å². The lowest BCUT2D eigenvalue weighted by atomic mass is 9.91. The van der Waals surface area contributed by atoms with E-state index < -0.39 is 0 Å². The Morgan fingerprint density at radius 1 is 1.17 bits per heavy atom. The van der Waals surface area contributed by atoms with Gasteiger partial charge in [-0.3, -0.25) is 4.79 Å². The van der Waals surface area contributed by atoms with E-state index in [1.54, 1.807) is 18.7 Å². The number of carbonyl (C=O) groups excluding carboxylic acids is 1. The van der Waals surface area contributed by atoms with Crippen molar-refractivity contribution in [2.75, 3.05) is 20.8 Å². The van der Waals surface area contributed by atoms with Gasteiger partial charge >= 0.3 is 0 Å². The van der Waals surface area contributed by atoms with E-state index >= 15 is 0 Å². The maximum atomic E-state index is 13.6. The normalized spacial score (nSPS) is 16.8. The first-order chi connectivity index (χ1) is 14.3. The summed E-state index contributed by atoms with van der Waals surface area (Å²) < 4.78 is 12.7. The summed E-state index contributed by atoms with van der Waals surface area (Å²) in [6, 6.07) is 7.43. The second-order valence-corrected chi connectivity index (χ2v) is 8.51. The van der Waals surface area contributed by atoms with Crippen molar-refractivity contribution < 1.29 is 14.3 Å². The number of hydrogen-bond acceptors (Lipinski definition) is 6. The molecule has 1 aliphatic heterocycles. The highest BCUT2D eigenvalue weighted by Gasteiger charge is 2.34. The van der Waals surface area contributed by atoms with E-state index in [1.165, 1.54) is 6.33 Å². The van der Waals surface area contributed by atoms with Gasteiger partial charge in [0.05, 0.1) is 26.0 Å². The molecule has 8 nitrogen and oxygen atoms in total. The van der Waals surface area contributed by atoms with Crippen LogP contribution < -0.4 is 9.47 Å². The largest absolute Gasteiger partial charge is 0.497 e. The third kappa shape index (κ3) is 3.46. The molecule has 1 saturated heterocycles. The molecule has 1 fully saturated rings. The summed E-state index contributed by atoms with van der Waals surface area (Å²) in [6.45, 7) is 6.90. The molecule has 0 bridgehead atoms. The maximum Gasteiger partial charge on any atom is 0.273 e. The SMILES string of the molecule is COc1ccc(OC)c([C@H]2CCCN2C(=O)c2cc(C(C)(C)C)n3ncnc3n2)c1. The lowest BCUT2D eigenvalue weighted by molar-refractivity contribution is 0.0728. The van der Waals surface area contributed by atoms with Crippen molar-refractivity contribution in [2.45, 2.75) is 45.1 Å². The Bertz CT molecular complexity index is 1090. The summed E-state index contributed by atoms with van der Waals surface area (Å²) >= 11 is 0. The van der Waals surface area contributed by atoms with Crippen LogP contribution in [0.1, 0.15) is 61.4 Å². The summed E-state index contributed by atoms with van der Waals surface area (Å²) in [7, 11) is 3.28. The van der Waals surface area contributed by atoms with Crippen molar-refractivity contribution in [3.63, 3.8) is 0 Å². The number of amides is 1. The number of carbonyl (C=O) groups is 1. The predicted molar refractivity (Wildman–Crippen MR) is 112 cm³/mol. The molecule has 3 heterocycles. The summed E-state index contributed by atoms with van der Waals surface area (Å²) in [4.78, 5) is 24.2. The summed E-state index contributed by atoms with van der Waals surface area (Å²) in [5.41, 5.74) is 2.00. The number of hydrogen-bond donors (Lipinski definition) is 0. The molecule has 1 aromatic carbocycles. The minimum absolute atomic E-state index is 0.100. The standard InChI is InChI=1S/C22H27N5O3/c1-22(2,3)19-12-16(25-21-23-13-24-27(19)21)20(28)26-10-6-7-17(26)15-11-14(29-4)8-9-18(15)30-5/h8-9,11-13,17H,6-7,10H2,1-5H3/t17-/m1/s1. The van der Waals surface area contributed by atoms with Crippen LogP contribution in [0.2, 0.25) is 0 Å². The highest BCUT2D eigenvalue weighted by Crippen LogP contribution is 2.39. The van der Waals surface area contributed by atoms with Crippen molar-refractivity contribution in [2.24, 2.45) is 0 Å². The van der Waals surface area contributed by atoms with Gasteiger partial charge in [-0.2, -0.15) is 10.1 Å². The van der Waals surface area contributed by atoms with Gasteiger partial charge in [0.15, 0.2) is 0 Å². The van der Waals surface area contributed by atoms with Crippen LogP contribution in [-0.2, 0) is 5.41 Å². The third-order valence-electron chi connectivity index (χ3n) is 5.55. The molecule has 1 atom stereocenters. The summed E-state index contributed by atoms with van der Waals surface area (Å²) in [5.74, 6) is 1.80. The van der Waals surface area contributed by atoms with Crippen molar-refractivity contribution in [1.82, 2.24) is 24.5 Å². The average Bonchev–Trinajstić information content (AvgIpc) is 3.40. The molecule has 30 heavy (non-hydrogen) atoms. The number of nitrogens with zero attached hydrogens (tertiary/aromatic N) is 5. The summed E-state index contributed by atoms with van der Waals surface area (Å²) in [5, 5.41) is 4.28. The van der Waals surface area contributed by atoms with Crippen LogP contribution in [-0.4, -0.2) is 51.2 Å². The van der Waals surface area contributed by atoms with Crippen molar-refractivity contribution in [3.05, 3.63) is 47.5 Å². The Labute approximate surface area is 175 Å². The highest BCUT2D eigenvalue weighted by molar-refractivity contribution is 5.93. The monoisotopic (exact) mass is 409 g/mol. The van der Waals surface area contributed by atoms with Crippen molar-refractivity contribution in [3.8, 4) is 11.5 Å². The van der Waals surface area contributed by atoms with Gasteiger partial charge < -0.3 is 14.4 Å². The second-order valence-electron chi connectivity index (χ2n) is 8.51. The molecule has 0 radical (unpaired) electrons. The van der Waals surface area contributed by atoms with E-state index in [-0.39, 0.29) is 17.4 Å². The quantitative estimate of drug-likeness (QED) is 0.657. The van der Waals surface area contributed by atoms with Crippen LogP contribution in [0.4, 0.5) is 0 Å². The Kier molecular flexibility index (Phi) is 5.09. The predicted octanol–water partition coefficient (Wildman–Crippen LogP) is 3.42. The number of methoxy groups -OCH3 is 2. The minimum Gasteiger partial charge on any atom is -0.497 e. The third-order valence-corrected chi connectivity index (χ3v) is 5.55. The molecule has 3 aromatic rings. The Balaban J connectivity index is 1.75. The molecular weight excluding hydrogens is 382 g/mol. The van der Waals surface area contributed by atoms with Crippen LogP contribution in [0.15, 0.2) is 30.6 Å². The molecule has 0 aliphatic carbocycles. The minimum atomic E-state index is -0.218. The molecule has 0 saturated carbocycles. The van der Waals surface area contributed by atoms with Crippen LogP contribution in [0.5, 0.6) is 11.5 Å². The number of rotatable bonds is 4. The molecule has 8 heteroatoms. The first-order valence-electron chi connectivity index (χ1n) is 10.1. The van der Waals surface area contributed by atoms with Crippen LogP contribution >= 0.6 is 0 Å². The van der Waals surface area contributed by atoms with Gasteiger partial charge in [0.2, 0.25) is 0 Å². The maximum absolute atomic E-state index is 13.6. The molecule has 2 aromatic heterocycles. The van der Waals surface area contributed by atoms with Gasteiger partial charge in [-0.1, -0.05) is 20.8 Å². The Hall–Kier alpha value is -3.16. The first kappa shape index (κ1) is 20.1. The highest BCUT2D eigenvalue weighted by atomic mass is 16.5. The smallest absolute Gasteiger partial charge is 0.273 e. The molecule has 0 unspecified atom stereocenters. The average molecular weight is 409 g/mol. The van der Waals surface area contributed by atoms with Crippen molar-refractivity contribution in [1.29, 1.82) is 0 Å². The first-order valence-corrected chi connectivity index (χ1v) is 10.1. The van der Waals surface area contributed by atoms with Gasteiger partial charge in [0.25, 0.3) is 11.7 Å². The number of fused-ring (bicyclic) bond motifs is 1. The number of benzene rings is 1. The van der Waals surface area contributed by atoms with Gasteiger partial charge in [-0.25, -0.2) is 9.50 Å². The fraction of sp³-hybridized carbons (Fsp3) is 0.455. The van der Waals surface area contributed by atoms with E-state index in [1.807, 2.05) is 29.2 Å². The lowest BCUT2D eigenvalue weighted by Gasteiger charge is -2.27. The fourth-order valence-electron chi connectivity index (χ4n) is 4.04. The number of likely N-dealkylation sites (tertiary alicyclic amines) is 1. The lowest BCUT2D eigenvalue weighted by Crippen LogP contribution is -2.32. The van der Waals surface area contributed by atoms with Crippen LogP contribution in [0.3, 0.4) is 0 Å². The fourth-order valence-corrected chi connectivity index (χ4v) is 4.04. The molecule has 4 rings (SSSR count). The molecule has 0 spiro atoms. The van der Waals surface area contributed by atoms with E-state index in [0.717, 1.165) is 35.6 Å². The van der Waals surface area contributed by atoms with Gasteiger partial charge in [-0.05, 0) is 37.1 Å².